The van der Waals surface area contributed by atoms with E-state index in [4.69, 9.17) is 0 Å². The van der Waals surface area contributed by atoms with Crippen molar-refractivity contribution < 1.29 is 49.5 Å². The summed E-state index contributed by atoms with van der Waals surface area (Å²) in [4.78, 5) is 47.8. The van der Waals surface area contributed by atoms with E-state index in [9.17, 15) is 49.5 Å². The molecule has 4 aliphatic rings. The number of Topliss-reactive ketones (excluding diaryl/α,β-unsaturated/α-hetero) is 4. The summed E-state index contributed by atoms with van der Waals surface area (Å²) in [6, 6.07) is 40.3. The van der Waals surface area contributed by atoms with Crippen LogP contribution in [0.1, 0.15) is 70.1 Å². The van der Waals surface area contributed by atoms with Gasteiger partial charge in [-0.1, -0.05) is 121 Å². The van der Waals surface area contributed by atoms with Gasteiger partial charge in [0.15, 0.2) is 23.1 Å². The number of hydrogen-bond acceptors (Lipinski definition) is 11. The van der Waals surface area contributed by atoms with E-state index in [1.54, 1.807) is 127 Å². The average Bonchev–Trinajstić information content (AvgIpc) is 3.89. The number of carbonyl (C=O) groups is 4. The third-order valence-electron chi connectivity index (χ3n) is 10.8. The Labute approximate surface area is 395 Å². The molecule has 0 radical (unpaired) electrons. The van der Waals surface area contributed by atoms with Crippen molar-refractivity contribution in [1.82, 2.24) is 13.7 Å². The second kappa shape index (κ2) is 18.8. The molecule has 0 amide bonds. The number of ketones is 4. The van der Waals surface area contributed by atoms with Gasteiger partial charge in [0.1, 0.15) is 5.76 Å². The first-order valence-electron chi connectivity index (χ1n) is 19.8. The van der Waals surface area contributed by atoms with Crippen LogP contribution in [-0.2, 0) is 30.1 Å². The van der Waals surface area contributed by atoms with Gasteiger partial charge in [-0.15, -0.1) is 0 Å². The van der Waals surface area contributed by atoms with Gasteiger partial charge in [0.05, 0.1) is 38.0 Å². The molecule has 18 heteroatoms. The summed E-state index contributed by atoms with van der Waals surface area (Å²) in [5.41, 5.74) is 4.83. The number of aliphatic hydroxyl groups is 1. The summed E-state index contributed by atoms with van der Waals surface area (Å²) in [5.74, 6) is -0.794. The molecule has 0 spiro atoms. The van der Waals surface area contributed by atoms with Crippen molar-refractivity contribution >= 4 is 98.4 Å². The Hall–Kier alpha value is -6.42. The molecule has 10 rings (SSSR count). The predicted molar refractivity (Wildman–Crippen MR) is 257 cm³/mol. The lowest BCUT2D eigenvalue weighted by molar-refractivity contribution is 0.0921. The zero-order valence-corrected chi connectivity index (χ0v) is 39.8. The smallest absolute Gasteiger partial charge is 0.264 e. The predicted octanol–water partition coefficient (Wildman–Crippen LogP) is 7.26. The van der Waals surface area contributed by atoms with Gasteiger partial charge < -0.3 is 5.11 Å². The van der Waals surface area contributed by atoms with Crippen LogP contribution in [0, 0.1) is 3.57 Å². The van der Waals surface area contributed by atoms with Gasteiger partial charge in [-0.05, 0) is 61.0 Å². The average molecular weight is 1060 g/mol. The summed E-state index contributed by atoms with van der Waals surface area (Å²) in [5, 5.41) is 10.4. The Morgan fingerprint density at radius 1 is 0.515 bits per heavy atom. The first-order chi connectivity index (χ1) is 31.4. The van der Waals surface area contributed by atoms with Gasteiger partial charge in [0.2, 0.25) is 20.0 Å². The highest BCUT2D eigenvalue weighted by Crippen LogP contribution is 2.47. The highest BCUT2D eigenvalue weighted by molar-refractivity contribution is 14.1. The fraction of sp³-hybridized carbons (Fsp3) is 0.0833. The number of aliphatic hydroxyl groups excluding tert-OH is 1. The minimum Gasteiger partial charge on any atom is -0.507 e. The molecular formula is C48H38IN3O11S3. The lowest BCUT2D eigenvalue weighted by Crippen LogP contribution is -2.30. The van der Waals surface area contributed by atoms with E-state index in [1.165, 1.54) is 37.6 Å². The number of rotatable bonds is 5. The maximum atomic E-state index is 12.7. The van der Waals surface area contributed by atoms with Gasteiger partial charge in [0.25, 0.3) is 10.0 Å². The van der Waals surface area contributed by atoms with Crippen LogP contribution >= 0.6 is 22.6 Å². The van der Waals surface area contributed by atoms with Crippen LogP contribution in [-0.4, -0.2) is 78.9 Å². The number of carbonyl (C=O) groups excluding carboxylic acids is 4. The molecule has 66 heavy (non-hydrogen) atoms. The normalized spacial score (nSPS) is 15.2. The van der Waals surface area contributed by atoms with E-state index in [1.807, 2.05) is 28.7 Å². The van der Waals surface area contributed by atoms with Crippen LogP contribution in [0.5, 0.6) is 0 Å². The standard InChI is InChI=1S/C16H13NO4S.C16H11NO3S.C9H6O2.C7H8INO2S/c1-17-22(20,21)13-9-5-4-8-12(13)14-15(18)10-6-2-3-7-11(10)16(14)19;1-17-15-10-6-2-3-7-11(10)16(18)14(15)12-8-4-5-9-13(12)21(17,19)20;10-8-5-9(11)7-4-2-1-3-6(7)8;1-9-12(10,11)7-5-3-2-4-6(7)8/h2-9,17-18H,1H3;2-9H,1H3;1-4H,5H2;2-5,9H,1H3. The molecule has 0 saturated carbocycles. The second-order valence-corrected chi connectivity index (χ2v) is 21.4. The molecule has 0 atom stereocenters. The van der Waals surface area contributed by atoms with E-state index >= 15 is 0 Å². The number of hydrogen-bond donors (Lipinski definition) is 3. The monoisotopic (exact) mass is 1060 g/mol. The third kappa shape index (κ3) is 8.70. The van der Waals surface area contributed by atoms with Crippen molar-refractivity contribution in [2.24, 2.45) is 0 Å². The van der Waals surface area contributed by atoms with Crippen LogP contribution in [0.25, 0.3) is 22.6 Å². The molecule has 14 nitrogen and oxygen atoms in total. The second-order valence-electron chi connectivity index (χ2n) is 14.6. The van der Waals surface area contributed by atoms with Crippen LogP contribution in [0.4, 0.5) is 0 Å². The number of allylic oxidation sites excluding steroid dienone is 2. The Kier molecular flexibility index (Phi) is 13.6. The van der Waals surface area contributed by atoms with Crippen molar-refractivity contribution in [1.29, 1.82) is 0 Å². The molecule has 3 aliphatic carbocycles. The van der Waals surface area contributed by atoms with Crippen LogP contribution in [0.3, 0.4) is 0 Å². The molecular weight excluding hydrogens is 1020 g/mol. The zero-order valence-electron chi connectivity index (χ0n) is 35.1. The van der Waals surface area contributed by atoms with E-state index in [-0.39, 0.29) is 56.2 Å². The molecule has 6 aromatic carbocycles. The highest BCUT2D eigenvalue weighted by Gasteiger charge is 2.42. The molecule has 6 aromatic rings. The van der Waals surface area contributed by atoms with Crippen molar-refractivity contribution in [2.75, 3.05) is 21.1 Å². The molecule has 336 valence electrons. The maximum Gasteiger partial charge on any atom is 0.264 e. The summed E-state index contributed by atoms with van der Waals surface area (Å²) >= 11 is 1.99. The number of nitrogens with one attached hydrogen (secondary N) is 2. The number of sulfonamides is 3. The van der Waals surface area contributed by atoms with E-state index in [0.717, 1.165) is 3.57 Å². The van der Waals surface area contributed by atoms with Crippen LogP contribution in [0.15, 0.2) is 160 Å². The Balaban J connectivity index is 0.000000137. The largest absolute Gasteiger partial charge is 0.507 e. The Morgan fingerprint density at radius 3 is 1.44 bits per heavy atom. The molecule has 1 heterocycles. The lowest BCUT2D eigenvalue weighted by Gasteiger charge is -2.28. The van der Waals surface area contributed by atoms with E-state index in [0.29, 0.717) is 55.1 Å². The quantitative estimate of drug-likeness (QED) is 0.115. The maximum absolute atomic E-state index is 12.7. The van der Waals surface area contributed by atoms with Gasteiger partial charge in [0, 0.05) is 55.1 Å². The van der Waals surface area contributed by atoms with Crippen molar-refractivity contribution in [2.45, 2.75) is 21.1 Å². The first kappa shape index (κ1) is 47.5. The zero-order chi connectivity index (χ0) is 47.7. The van der Waals surface area contributed by atoms with Crippen molar-refractivity contribution in [3.63, 3.8) is 0 Å². The van der Waals surface area contributed by atoms with Crippen molar-refractivity contribution in [3.8, 4) is 0 Å². The van der Waals surface area contributed by atoms with Gasteiger partial charge in [-0.2, -0.15) is 0 Å². The summed E-state index contributed by atoms with van der Waals surface area (Å²) < 4.78 is 78.6. The Bertz CT molecular complexity index is 3410. The lowest BCUT2D eigenvalue weighted by atomic mass is 10.0. The number of halogens is 1. The van der Waals surface area contributed by atoms with Crippen LogP contribution in [0.2, 0.25) is 0 Å². The first-order valence-corrected chi connectivity index (χ1v) is 25.3. The summed E-state index contributed by atoms with van der Waals surface area (Å²) in [7, 11) is -6.46. The van der Waals surface area contributed by atoms with Gasteiger partial charge in [-0.25, -0.2) is 34.7 Å². The molecule has 3 N–H and O–H groups in total. The topological polar surface area (TPSA) is 218 Å². The van der Waals surface area contributed by atoms with Crippen LogP contribution < -0.4 is 9.44 Å². The SMILES string of the molecule is CN1C2=C(C(=O)c3ccccc32)c2ccccc2S1(=O)=O.CNS(=O)(=O)c1ccccc1C1=C(O)c2ccccc2C1=O.CNS(=O)(=O)c1ccccc1I.O=C1CC(=O)c2ccccc21. The summed E-state index contributed by atoms with van der Waals surface area (Å²) in [6.07, 6.45) is 0.0549. The Morgan fingerprint density at radius 2 is 0.909 bits per heavy atom. The molecule has 0 bridgehead atoms. The van der Waals surface area contributed by atoms with Gasteiger partial charge >= 0.3 is 0 Å². The minimum atomic E-state index is -3.75. The minimum absolute atomic E-state index is 0.00984. The van der Waals surface area contributed by atoms with Crippen molar-refractivity contribution in [3.05, 3.63) is 194 Å². The fourth-order valence-electron chi connectivity index (χ4n) is 7.62. The van der Waals surface area contributed by atoms with Gasteiger partial charge in [-0.3, -0.25) is 23.5 Å². The molecule has 1 aliphatic heterocycles. The summed E-state index contributed by atoms with van der Waals surface area (Å²) in [6.45, 7) is 0. The van der Waals surface area contributed by atoms with E-state index in [2.05, 4.69) is 9.44 Å². The van der Waals surface area contributed by atoms with E-state index < -0.39 is 30.1 Å². The molecule has 0 fully saturated rings. The number of benzene rings is 6. The fourth-order valence-corrected chi connectivity index (χ4v) is 12.0. The third-order valence-corrected chi connectivity index (χ3v) is 16.9. The molecule has 0 unspecified atom stereocenters. The molecule has 0 saturated heterocycles. The number of fused-ring (bicyclic) bond motifs is 6. The molecule has 0 aromatic heterocycles. The highest BCUT2D eigenvalue weighted by atomic mass is 127. The number of nitrogens with zero attached hydrogens (tertiary/aromatic N) is 1.